The maximum atomic E-state index is 4.83. The first-order valence-electron chi connectivity index (χ1n) is 8.22. The molecule has 1 nitrogen and oxygen atoms in total. The molecule has 0 aliphatic carbocycles. The Morgan fingerprint density at radius 2 is 1.16 bits per heavy atom. The Morgan fingerprint density at radius 1 is 0.632 bits per heavy atom. The molecular formula is C17H37LiO. The monoisotopic (exact) mass is 264 g/mol. The van der Waals surface area contributed by atoms with E-state index < -0.39 is 0 Å². The summed E-state index contributed by atoms with van der Waals surface area (Å²) in [5, 5.41) is 0. The van der Waals surface area contributed by atoms with Crippen LogP contribution in [0.25, 0.3) is 0 Å². The smallest absolute Gasteiger partial charge is 0.382 e. The third-order valence-corrected chi connectivity index (χ3v) is 2.91. The average Bonchev–Trinajstić information content (AvgIpc) is 2.39. The maximum absolute atomic E-state index is 4.83. The Balaban J connectivity index is -0.000000366. The Hall–Kier alpha value is 0.557. The molecule has 0 saturated carbocycles. The zero-order valence-electron chi connectivity index (χ0n) is 14.5. The van der Waals surface area contributed by atoms with E-state index in [1.807, 2.05) is 13.8 Å². The standard InChI is InChI=1S/C13H27.C4H10O.Li/c1-3-5-7-9-11-13-12-10-8-6-4-2;1-3-5-4-2;/h7H,3-6,8-13H2,1-2H3;3-4H2,1-2H3;/q-1;;+1. The van der Waals surface area contributed by atoms with Crippen LogP contribution in [-0.2, 0) is 4.74 Å². The normalized spacial score (nSPS) is 9.47. The van der Waals surface area contributed by atoms with E-state index in [2.05, 4.69) is 20.3 Å². The molecule has 0 N–H and O–H groups in total. The molecular weight excluding hydrogens is 227 g/mol. The molecule has 0 aromatic rings. The summed E-state index contributed by atoms with van der Waals surface area (Å²) >= 11 is 0. The molecule has 0 rings (SSSR count). The molecule has 0 aliphatic rings. The van der Waals surface area contributed by atoms with Crippen LogP contribution in [0.15, 0.2) is 0 Å². The van der Waals surface area contributed by atoms with Crippen molar-refractivity contribution in [2.45, 2.75) is 91.9 Å². The third kappa shape index (κ3) is 32.3. The van der Waals surface area contributed by atoms with Gasteiger partial charge in [-0.05, 0) is 13.8 Å². The Morgan fingerprint density at radius 3 is 1.58 bits per heavy atom. The molecule has 0 spiro atoms. The van der Waals surface area contributed by atoms with Crippen LogP contribution in [0.4, 0.5) is 0 Å². The van der Waals surface area contributed by atoms with Gasteiger partial charge in [-0.2, -0.15) is 12.8 Å². The zero-order chi connectivity index (χ0) is 13.9. The van der Waals surface area contributed by atoms with Crippen LogP contribution in [0.2, 0.25) is 0 Å². The van der Waals surface area contributed by atoms with Gasteiger partial charge in [0, 0.05) is 13.2 Å². The minimum absolute atomic E-state index is 0. The Kier molecular flexibility index (Phi) is 34.9. The molecule has 112 valence electrons. The van der Waals surface area contributed by atoms with Gasteiger partial charge in [-0.3, -0.25) is 0 Å². The van der Waals surface area contributed by atoms with E-state index in [1.54, 1.807) is 0 Å². The van der Waals surface area contributed by atoms with Gasteiger partial charge in [0.2, 0.25) is 0 Å². The first kappa shape index (κ1) is 24.6. The maximum Gasteiger partial charge on any atom is 1.00 e. The minimum atomic E-state index is 0. The summed E-state index contributed by atoms with van der Waals surface area (Å²) in [5.74, 6) is 0. The van der Waals surface area contributed by atoms with Crippen molar-refractivity contribution in [1.29, 1.82) is 0 Å². The van der Waals surface area contributed by atoms with Crippen LogP contribution in [-0.4, -0.2) is 13.2 Å². The first-order chi connectivity index (χ1) is 8.83. The average molecular weight is 264 g/mol. The minimum Gasteiger partial charge on any atom is -0.382 e. The molecule has 0 heterocycles. The van der Waals surface area contributed by atoms with Gasteiger partial charge in [0.25, 0.3) is 0 Å². The number of hydrogen-bond donors (Lipinski definition) is 0. The van der Waals surface area contributed by atoms with Crippen LogP contribution < -0.4 is 18.9 Å². The van der Waals surface area contributed by atoms with Crippen molar-refractivity contribution in [2.24, 2.45) is 0 Å². The van der Waals surface area contributed by atoms with E-state index in [1.165, 1.54) is 64.2 Å². The SMILES string of the molecule is CCC[CH-]CCCCCCCCC.CCOCC.[Li+]. The van der Waals surface area contributed by atoms with Crippen molar-refractivity contribution < 1.29 is 23.6 Å². The fraction of sp³-hybridized carbons (Fsp3) is 0.941. The van der Waals surface area contributed by atoms with E-state index in [0.717, 1.165) is 13.2 Å². The van der Waals surface area contributed by atoms with Crippen LogP contribution in [0.3, 0.4) is 0 Å². The van der Waals surface area contributed by atoms with Gasteiger partial charge in [0.15, 0.2) is 0 Å². The van der Waals surface area contributed by atoms with Gasteiger partial charge in [0.1, 0.15) is 0 Å². The second kappa shape index (κ2) is 27.0. The van der Waals surface area contributed by atoms with Gasteiger partial charge in [0.05, 0.1) is 0 Å². The van der Waals surface area contributed by atoms with Crippen molar-refractivity contribution in [1.82, 2.24) is 0 Å². The van der Waals surface area contributed by atoms with Gasteiger partial charge in [-0.25, -0.2) is 0 Å². The predicted molar refractivity (Wildman–Crippen MR) is 84.0 cm³/mol. The molecule has 0 amide bonds. The summed E-state index contributed by atoms with van der Waals surface area (Å²) in [4.78, 5) is 0. The zero-order valence-corrected chi connectivity index (χ0v) is 14.5. The fourth-order valence-corrected chi connectivity index (χ4v) is 1.80. The van der Waals surface area contributed by atoms with Crippen LogP contribution >= 0.6 is 0 Å². The van der Waals surface area contributed by atoms with E-state index in [-0.39, 0.29) is 18.9 Å². The van der Waals surface area contributed by atoms with Gasteiger partial charge in [-0.1, -0.05) is 65.2 Å². The summed E-state index contributed by atoms with van der Waals surface area (Å²) in [5.41, 5.74) is 0. The molecule has 2 heteroatoms. The van der Waals surface area contributed by atoms with Crippen molar-refractivity contribution in [3.63, 3.8) is 0 Å². The molecule has 0 radical (unpaired) electrons. The largest absolute Gasteiger partial charge is 1.00 e. The van der Waals surface area contributed by atoms with Crippen molar-refractivity contribution in [3.8, 4) is 0 Å². The predicted octanol–water partition coefficient (Wildman–Crippen LogP) is 3.18. The second-order valence-corrected chi connectivity index (χ2v) is 4.77. The van der Waals surface area contributed by atoms with E-state index in [4.69, 9.17) is 4.74 Å². The van der Waals surface area contributed by atoms with Crippen molar-refractivity contribution >= 4 is 0 Å². The van der Waals surface area contributed by atoms with E-state index in [9.17, 15) is 0 Å². The molecule has 0 atom stereocenters. The first-order valence-corrected chi connectivity index (χ1v) is 8.22. The Labute approximate surface area is 135 Å². The molecule has 0 aromatic heterocycles. The van der Waals surface area contributed by atoms with Crippen molar-refractivity contribution in [3.05, 3.63) is 6.42 Å². The third-order valence-electron chi connectivity index (χ3n) is 2.91. The van der Waals surface area contributed by atoms with E-state index >= 15 is 0 Å². The molecule has 19 heavy (non-hydrogen) atoms. The number of unbranched alkanes of at least 4 members (excludes halogenated alkanes) is 10. The van der Waals surface area contributed by atoms with E-state index in [0.29, 0.717) is 0 Å². The number of hydrogen-bond acceptors (Lipinski definition) is 1. The molecule has 0 unspecified atom stereocenters. The quantitative estimate of drug-likeness (QED) is 0.299. The van der Waals surface area contributed by atoms with Crippen molar-refractivity contribution in [2.75, 3.05) is 13.2 Å². The molecule has 0 aliphatic heterocycles. The molecule has 0 aromatic carbocycles. The van der Waals surface area contributed by atoms with Gasteiger partial charge in [-0.15, -0.1) is 0 Å². The van der Waals surface area contributed by atoms with Gasteiger partial charge < -0.3 is 11.2 Å². The number of rotatable bonds is 12. The Bertz CT molecular complexity index is 106. The fourth-order valence-electron chi connectivity index (χ4n) is 1.80. The van der Waals surface area contributed by atoms with Gasteiger partial charge >= 0.3 is 18.9 Å². The summed E-state index contributed by atoms with van der Waals surface area (Å²) in [6, 6.07) is 0. The number of ether oxygens (including phenoxy) is 1. The van der Waals surface area contributed by atoms with Crippen LogP contribution in [0.1, 0.15) is 91.9 Å². The topological polar surface area (TPSA) is 9.23 Å². The summed E-state index contributed by atoms with van der Waals surface area (Å²) in [6.07, 6.45) is 16.5. The molecule has 0 saturated heterocycles. The summed E-state index contributed by atoms with van der Waals surface area (Å²) in [7, 11) is 0. The summed E-state index contributed by atoms with van der Waals surface area (Å²) in [6.45, 7) is 10.2. The summed E-state index contributed by atoms with van der Waals surface area (Å²) < 4.78 is 4.83. The molecule has 0 fully saturated rings. The van der Waals surface area contributed by atoms with Crippen LogP contribution in [0.5, 0.6) is 0 Å². The molecule has 0 bridgehead atoms. The van der Waals surface area contributed by atoms with Crippen LogP contribution in [0, 0.1) is 6.42 Å². The second-order valence-electron chi connectivity index (χ2n) is 4.77.